The number of nitrogens with one attached hydrogen (secondary N) is 1. The number of benzene rings is 2. The molecule has 8 nitrogen and oxygen atoms in total. The molecular weight excluding hydrogens is 436 g/mol. The van der Waals surface area contributed by atoms with Crippen LogP contribution in [-0.2, 0) is 9.53 Å². The number of aromatic nitrogens is 1. The molecule has 3 amide bonds. The normalized spacial score (nSPS) is 13.9. The quantitative estimate of drug-likeness (QED) is 0.551. The summed E-state index contributed by atoms with van der Waals surface area (Å²) < 4.78 is 6.92. The molecule has 0 aliphatic carbocycles. The number of carbonyl (C=O) groups excluding carboxylic acids is 3. The number of nitrogens with zero attached hydrogens (tertiary/aromatic N) is 2. The molecule has 1 fully saturated rings. The van der Waals surface area contributed by atoms with E-state index in [1.807, 2.05) is 6.07 Å². The van der Waals surface area contributed by atoms with Gasteiger partial charge in [-0.25, -0.2) is 4.98 Å². The average molecular weight is 457 g/mol. The standard InChI is InChI=1S/C21H20N4O4S2/c22-18(26)12-30-21-24-16-6-5-13(11-17(16)31-21)23-19(27)14-3-1-2-4-15(14)20(28)25-7-9-29-10-8-25/h1-6,11H,7-10,12H2,(H2,22,26)(H,23,27). The molecule has 0 unspecified atom stereocenters. The molecule has 3 aromatic rings. The van der Waals surface area contributed by atoms with Crippen LogP contribution in [0.25, 0.3) is 10.2 Å². The van der Waals surface area contributed by atoms with Gasteiger partial charge in [-0.2, -0.15) is 0 Å². The van der Waals surface area contributed by atoms with E-state index in [1.54, 1.807) is 41.3 Å². The van der Waals surface area contributed by atoms with Gasteiger partial charge in [-0.15, -0.1) is 11.3 Å². The summed E-state index contributed by atoms with van der Waals surface area (Å²) in [5.41, 5.74) is 7.25. The number of anilines is 1. The minimum Gasteiger partial charge on any atom is -0.378 e. The topological polar surface area (TPSA) is 115 Å². The second kappa shape index (κ2) is 9.46. The maximum atomic E-state index is 13.0. The number of morpholine rings is 1. The summed E-state index contributed by atoms with van der Waals surface area (Å²) in [4.78, 5) is 43.0. The molecule has 0 radical (unpaired) electrons. The molecule has 0 atom stereocenters. The number of hydrogen-bond donors (Lipinski definition) is 2. The maximum Gasteiger partial charge on any atom is 0.256 e. The first-order valence-electron chi connectivity index (χ1n) is 9.60. The van der Waals surface area contributed by atoms with Gasteiger partial charge in [0, 0.05) is 18.8 Å². The molecule has 10 heteroatoms. The Balaban J connectivity index is 1.52. The fourth-order valence-corrected chi connectivity index (χ4v) is 5.03. The van der Waals surface area contributed by atoms with Crippen LogP contribution in [0, 0.1) is 0 Å². The second-order valence-corrected chi connectivity index (χ2v) is 9.07. The van der Waals surface area contributed by atoms with Crippen molar-refractivity contribution in [3.05, 3.63) is 53.6 Å². The lowest BCUT2D eigenvalue weighted by molar-refractivity contribution is -0.115. The first kappa shape index (κ1) is 21.3. The summed E-state index contributed by atoms with van der Waals surface area (Å²) >= 11 is 2.71. The minimum atomic E-state index is -0.400. The Kier molecular flexibility index (Phi) is 6.50. The van der Waals surface area contributed by atoms with Gasteiger partial charge in [0.05, 0.1) is 40.3 Å². The molecule has 2 heterocycles. The Morgan fingerprint density at radius 1 is 1.13 bits per heavy atom. The number of primary amides is 1. The zero-order valence-corrected chi connectivity index (χ0v) is 18.1. The number of ether oxygens (including phenoxy) is 1. The van der Waals surface area contributed by atoms with Gasteiger partial charge in [0.2, 0.25) is 5.91 Å². The number of thioether (sulfide) groups is 1. The zero-order valence-electron chi connectivity index (χ0n) is 16.5. The van der Waals surface area contributed by atoms with Crippen LogP contribution in [0.3, 0.4) is 0 Å². The van der Waals surface area contributed by atoms with Gasteiger partial charge in [-0.3, -0.25) is 14.4 Å². The van der Waals surface area contributed by atoms with Gasteiger partial charge in [0.1, 0.15) is 0 Å². The SMILES string of the molecule is NC(=O)CSc1nc2ccc(NC(=O)c3ccccc3C(=O)N3CCOCC3)cc2s1. The number of hydrogen-bond acceptors (Lipinski definition) is 7. The highest BCUT2D eigenvalue weighted by Crippen LogP contribution is 2.31. The Bertz CT molecular complexity index is 1140. The highest BCUT2D eigenvalue weighted by Gasteiger charge is 2.23. The van der Waals surface area contributed by atoms with E-state index in [0.717, 1.165) is 14.6 Å². The number of nitrogens with two attached hydrogens (primary N) is 1. The summed E-state index contributed by atoms with van der Waals surface area (Å²) in [5.74, 6) is -0.771. The molecule has 0 saturated carbocycles. The number of amides is 3. The van der Waals surface area contributed by atoms with Crippen LogP contribution in [0.1, 0.15) is 20.7 Å². The van der Waals surface area contributed by atoms with Crippen molar-refractivity contribution in [2.24, 2.45) is 5.73 Å². The van der Waals surface area contributed by atoms with E-state index >= 15 is 0 Å². The number of carbonyl (C=O) groups is 3. The fourth-order valence-electron chi connectivity index (χ4n) is 3.18. The smallest absolute Gasteiger partial charge is 0.256 e. The van der Waals surface area contributed by atoms with Crippen LogP contribution >= 0.6 is 23.1 Å². The minimum absolute atomic E-state index is 0.164. The highest BCUT2D eigenvalue weighted by atomic mass is 32.2. The van der Waals surface area contributed by atoms with Crippen LogP contribution in [0.5, 0.6) is 0 Å². The first-order chi connectivity index (χ1) is 15.0. The summed E-state index contributed by atoms with van der Waals surface area (Å²) in [6, 6.07) is 12.2. The molecule has 0 spiro atoms. The Hall–Kier alpha value is -2.95. The van der Waals surface area contributed by atoms with Gasteiger partial charge in [0.15, 0.2) is 4.34 Å². The summed E-state index contributed by atoms with van der Waals surface area (Å²) in [6.45, 7) is 2.00. The fraction of sp³-hybridized carbons (Fsp3) is 0.238. The summed E-state index contributed by atoms with van der Waals surface area (Å²) in [6.07, 6.45) is 0. The van der Waals surface area contributed by atoms with Gasteiger partial charge < -0.3 is 20.7 Å². The van der Waals surface area contributed by atoms with E-state index in [-0.39, 0.29) is 17.6 Å². The van der Waals surface area contributed by atoms with E-state index in [1.165, 1.54) is 23.1 Å². The van der Waals surface area contributed by atoms with Crippen molar-refractivity contribution in [2.75, 3.05) is 37.4 Å². The average Bonchev–Trinajstić information content (AvgIpc) is 3.20. The molecule has 160 valence electrons. The monoisotopic (exact) mass is 456 g/mol. The van der Waals surface area contributed by atoms with Crippen LogP contribution in [0.4, 0.5) is 5.69 Å². The number of thiazole rings is 1. The molecule has 4 rings (SSSR count). The highest BCUT2D eigenvalue weighted by molar-refractivity contribution is 8.01. The van der Waals surface area contributed by atoms with Crippen molar-refractivity contribution < 1.29 is 19.1 Å². The molecule has 1 saturated heterocycles. The molecule has 1 aliphatic heterocycles. The van der Waals surface area contributed by atoms with Crippen molar-refractivity contribution in [3.63, 3.8) is 0 Å². The lowest BCUT2D eigenvalue weighted by Gasteiger charge is -2.27. The van der Waals surface area contributed by atoms with Gasteiger partial charge in [0.25, 0.3) is 11.8 Å². The number of fused-ring (bicyclic) bond motifs is 1. The second-order valence-electron chi connectivity index (χ2n) is 6.82. The third kappa shape index (κ3) is 5.04. The first-order valence-corrected chi connectivity index (χ1v) is 11.4. The van der Waals surface area contributed by atoms with Crippen molar-refractivity contribution in [3.8, 4) is 0 Å². The van der Waals surface area contributed by atoms with Crippen LogP contribution in [-0.4, -0.2) is 59.7 Å². The Morgan fingerprint density at radius 2 is 1.87 bits per heavy atom. The Morgan fingerprint density at radius 3 is 2.61 bits per heavy atom. The third-order valence-corrected chi connectivity index (χ3v) is 6.85. The van der Waals surface area contributed by atoms with E-state index in [9.17, 15) is 14.4 Å². The van der Waals surface area contributed by atoms with Gasteiger partial charge in [-0.05, 0) is 30.3 Å². The summed E-state index contributed by atoms with van der Waals surface area (Å²) in [7, 11) is 0. The van der Waals surface area contributed by atoms with E-state index in [0.29, 0.717) is 43.1 Å². The third-order valence-electron chi connectivity index (χ3n) is 4.66. The van der Waals surface area contributed by atoms with Gasteiger partial charge in [-0.1, -0.05) is 23.9 Å². The molecular formula is C21H20N4O4S2. The molecule has 31 heavy (non-hydrogen) atoms. The lowest BCUT2D eigenvalue weighted by atomic mass is 10.0. The van der Waals surface area contributed by atoms with Crippen molar-refractivity contribution in [1.82, 2.24) is 9.88 Å². The van der Waals surface area contributed by atoms with E-state index < -0.39 is 5.91 Å². The molecule has 1 aliphatic rings. The van der Waals surface area contributed by atoms with Crippen LogP contribution in [0.2, 0.25) is 0 Å². The van der Waals surface area contributed by atoms with E-state index in [4.69, 9.17) is 10.5 Å². The molecule has 3 N–H and O–H groups in total. The lowest BCUT2D eigenvalue weighted by Crippen LogP contribution is -2.41. The summed E-state index contributed by atoms with van der Waals surface area (Å²) in [5, 5.41) is 2.87. The zero-order chi connectivity index (χ0) is 21.8. The molecule has 2 aromatic carbocycles. The molecule has 0 bridgehead atoms. The molecule has 1 aromatic heterocycles. The predicted molar refractivity (Wildman–Crippen MR) is 121 cm³/mol. The van der Waals surface area contributed by atoms with Crippen molar-refractivity contribution in [2.45, 2.75) is 4.34 Å². The van der Waals surface area contributed by atoms with E-state index in [2.05, 4.69) is 10.3 Å². The van der Waals surface area contributed by atoms with Gasteiger partial charge >= 0.3 is 0 Å². The number of rotatable bonds is 6. The van der Waals surface area contributed by atoms with Crippen LogP contribution < -0.4 is 11.1 Å². The van der Waals surface area contributed by atoms with Crippen molar-refractivity contribution >= 4 is 56.7 Å². The maximum absolute atomic E-state index is 13.0. The van der Waals surface area contributed by atoms with Crippen LogP contribution in [0.15, 0.2) is 46.8 Å². The predicted octanol–water partition coefficient (Wildman–Crippen LogP) is 2.60. The largest absolute Gasteiger partial charge is 0.378 e. The Labute approximate surface area is 186 Å². The van der Waals surface area contributed by atoms with Crippen molar-refractivity contribution in [1.29, 1.82) is 0 Å².